The zero-order valence-corrected chi connectivity index (χ0v) is 14.6. The van der Waals surface area contributed by atoms with E-state index in [-0.39, 0.29) is 0 Å². The van der Waals surface area contributed by atoms with Gasteiger partial charge in [0.15, 0.2) is 0 Å². The maximum absolute atomic E-state index is 5.33. The van der Waals surface area contributed by atoms with Crippen LogP contribution in [0.4, 0.5) is 0 Å². The molecule has 0 spiro atoms. The fraction of sp³-hybridized carbons (Fsp3) is 0.550. The first kappa shape index (κ1) is 15.7. The van der Waals surface area contributed by atoms with Crippen LogP contribution in [0.2, 0.25) is 0 Å². The Labute approximate surface area is 144 Å². The smallest absolute Gasteiger partial charge is 0.118 e. The van der Waals surface area contributed by atoms with E-state index < -0.39 is 0 Å². The summed E-state index contributed by atoms with van der Waals surface area (Å²) in [6.07, 6.45) is 8.68. The van der Waals surface area contributed by atoms with Gasteiger partial charge in [0, 0.05) is 24.1 Å². The number of fused-ring (bicyclic) bond motifs is 1. The Morgan fingerprint density at radius 1 is 1.04 bits per heavy atom. The second-order valence-corrected chi connectivity index (χ2v) is 6.99. The van der Waals surface area contributed by atoms with Crippen LogP contribution in [0.25, 0.3) is 11.3 Å². The molecule has 0 bridgehead atoms. The normalized spacial score (nSPS) is 18.9. The van der Waals surface area contributed by atoms with Crippen LogP contribution in [0.3, 0.4) is 0 Å². The maximum atomic E-state index is 5.33. The molecular formula is C20H27N3O. The minimum atomic E-state index is 0.565. The molecule has 1 aliphatic carbocycles. The van der Waals surface area contributed by atoms with Crippen LogP contribution < -0.4 is 10.1 Å². The van der Waals surface area contributed by atoms with Crippen molar-refractivity contribution in [3.8, 4) is 17.0 Å². The number of hydrogen-bond donors (Lipinski definition) is 1. The average Bonchev–Trinajstić information content (AvgIpc) is 2.85. The standard InChI is InChI=1S/C20H27N3O/c1-24-17-9-7-15(8-10-17)20-18-11-13-21-14-12-19(18)22-23(20)16-5-3-2-4-6-16/h7-10,16,21H,2-6,11-14H2,1H3. The first-order chi connectivity index (χ1) is 11.9. The van der Waals surface area contributed by atoms with Gasteiger partial charge in [0.25, 0.3) is 0 Å². The number of nitrogens with one attached hydrogen (secondary N) is 1. The SMILES string of the molecule is COc1ccc(-c2c3c(nn2C2CCCCC2)CCNCC3)cc1. The summed E-state index contributed by atoms with van der Waals surface area (Å²) in [5, 5.41) is 8.61. The van der Waals surface area contributed by atoms with E-state index >= 15 is 0 Å². The van der Waals surface area contributed by atoms with Gasteiger partial charge in [-0.2, -0.15) is 5.10 Å². The minimum absolute atomic E-state index is 0.565. The first-order valence-electron chi connectivity index (χ1n) is 9.32. The van der Waals surface area contributed by atoms with Crippen molar-refractivity contribution < 1.29 is 4.74 Å². The quantitative estimate of drug-likeness (QED) is 0.934. The highest BCUT2D eigenvalue weighted by molar-refractivity contribution is 5.66. The Morgan fingerprint density at radius 3 is 2.54 bits per heavy atom. The van der Waals surface area contributed by atoms with Crippen LogP contribution in [0.15, 0.2) is 24.3 Å². The van der Waals surface area contributed by atoms with E-state index in [2.05, 4.69) is 34.3 Å². The van der Waals surface area contributed by atoms with Crippen LogP contribution in [-0.4, -0.2) is 30.0 Å². The van der Waals surface area contributed by atoms with E-state index in [1.165, 1.54) is 54.6 Å². The van der Waals surface area contributed by atoms with Crippen molar-refractivity contribution in [3.05, 3.63) is 35.5 Å². The Hall–Kier alpha value is -1.81. The average molecular weight is 325 g/mol. The molecule has 2 aliphatic rings. The summed E-state index contributed by atoms with van der Waals surface area (Å²) in [7, 11) is 1.72. The van der Waals surface area contributed by atoms with Gasteiger partial charge in [-0.05, 0) is 50.1 Å². The number of ether oxygens (including phenoxy) is 1. The van der Waals surface area contributed by atoms with Crippen molar-refractivity contribution in [1.29, 1.82) is 0 Å². The number of nitrogens with zero attached hydrogens (tertiary/aromatic N) is 2. The minimum Gasteiger partial charge on any atom is -0.497 e. The Balaban J connectivity index is 1.80. The zero-order chi connectivity index (χ0) is 16.4. The Kier molecular flexibility index (Phi) is 4.56. The van der Waals surface area contributed by atoms with Crippen molar-refractivity contribution in [2.75, 3.05) is 20.2 Å². The topological polar surface area (TPSA) is 39.1 Å². The largest absolute Gasteiger partial charge is 0.497 e. The summed E-state index contributed by atoms with van der Waals surface area (Å²) in [4.78, 5) is 0. The molecule has 4 rings (SSSR count). The van der Waals surface area contributed by atoms with Crippen LogP contribution in [0, 0.1) is 0 Å². The lowest BCUT2D eigenvalue weighted by atomic mass is 9.94. The molecule has 1 aromatic heterocycles. The predicted octanol–water partition coefficient (Wildman–Crippen LogP) is 3.75. The summed E-state index contributed by atoms with van der Waals surface area (Å²) < 4.78 is 7.71. The predicted molar refractivity (Wildman–Crippen MR) is 96.6 cm³/mol. The molecule has 1 saturated carbocycles. The molecule has 1 N–H and O–H groups in total. The lowest BCUT2D eigenvalue weighted by Gasteiger charge is -2.24. The highest BCUT2D eigenvalue weighted by Gasteiger charge is 2.25. The third kappa shape index (κ3) is 2.95. The lowest BCUT2D eigenvalue weighted by Crippen LogP contribution is -2.19. The molecule has 0 radical (unpaired) electrons. The lowest BCUT2D eigenvalue weighted by molar-refractivity contribution is 0.330. The molecule has 0 amide bonds. The van der Waals surface area contributed by atoms with E-state index in [9.17, 15) is 0 Å². The Morgan fingerprint density at radius 2 is 1.79 bits per heavy atom. The van der Waals surface area contributed by atoms with Crippen molar-refractivity contribution in [1.82, 2.24) is 15.1 Å². The van der Waals surface area contributed by atoms with Gasteiger partial charge < -0.3 is 10.1 Å². The van der Waals surface area contributed by atoms with Gasteiger partial charge in [-0.1, -0.05) is 19.3 Å². The fourth-order valence-electron chi connectivity index (χ4n) is 4.17. The van der Waals surface area contributed by atoms with Crippen LogP contribution in [0.1, 0.15) is 49.4 Å². The van der Waals surface area contributed by atoms with Gasteiger partial charge in [0.2, 0.25) is 0 Å². The zero-order valence-electron chi connectivity index (χ0n) is 14.6. The second kappa shape index (κ2) is 6.98. The molecule has 4 nitrogen and oxygen atoms in total. The highest BCUT2D eigenvalue weighted by atomic mass is 16.5. The molecule has 1 aliphatic heterocycles. The molecule has 0 atom stereocenters. The number of methoxy groups -OCH3 is 1. The van der Waals surface area contributed by atoms with E-state index in [1.54, 1.807) is 7.11 Å². The monoisotopic (exact) mass is 325 g/mol. The third-order valence-electron chi connectivity index (χ3n) is 5.47. The Bertz CT molecular complexity index is 684. The van der Waals surface area contributed by atoms with E-state index in [4.69, 9.17) is 9.84 Å². The molecular weight excluding hydrogens is 298 g/mol. The highest BCUT2D eigenvalue weighted by Crippen LogP contribution is 2.36. The third-order valence-corrected chi connectivity index (χ3v) is 5.47. The molecule has 1 aromatic carbocycles. The van der Waals surface area contributed by atoms with Gasteiger partial charge >= 0.3 is 0 Å². The molecule has 4 heteroatoms. The van der Waals surface area contributed by atoms with Gasteiger partial charge in [0.1, 0.15) is 5.75 Å². The first-order valence-corrected chi connectivity index (χ1v) is 9.32. The maximum Gasteiger partial charge on any atom is 0.118 e. The van der Waals surface area contributed by atoms with Crippen molar-refractivity contribution in [2.24, 2.45) is 0 Å². The van der Waals surface area contributed by atoms with Crippen molar-refractivity contribution in [2.45, 2.75) is 51.0 Å². The molecule has 1 fully saturated rings. The van der Waals surface area contributed by atoms with Gasteiger partial charge in [-0.3, -0.25) is 4.68 Å². The van der Waals surface area contributed by atoms with Crippen molar-refractivity contribution >= 4 is 0 Å². The van der Waals surface area contributed by atoms with Crippen molar-refractivity contribution in [3.63, 3.8) is 0 Å². The second-order valence-electron chi connectivity index (χ2n) is 6.99. The van der Waals surface area contributed by atoms with E-state index in [0.29, 0.717) is 6.04 Å². The number of benzene rings is 1. The summed E-state index contributed by atoms with van der Waals surface area (Å²) in [5.41, 5.74) is 5.38. The molecule has 2 aromatic rings. The summed E-state index contributed by atoms with van der Waals surface area (Å²) in [6.45, 7) is 2.09. The van der Waals surface area contributed by atoms with Crippen LogP contribution >= 0.6 is 0 Å². The van der Waals surface area contributed by atoms with Crippen LogP contribution in [0.5, 0.6) is 5.75 Å². The van der Waals surface area contributed by atoms with E-state index in [0.717, 1.165) is 31.7 Å². The fourth-order valence-corrected chi connectivity index (χ4v) is 4.17. The number of hydrogen-bond acceptors (Lipinski definition) is 3. The number of rotatable bonds is 3. The van der Waals surface area contributed by atoms with Gasteiger partial charge in [0.05, 0.1) is 24.5 Å². The molecule has 2 heterocycles. The summed E-state index contributed by atoms with van der Waals surface area (Å²) >= 11 is 0. The number of aromatic nitrogens is 2. The van der Waals surface area contributed by atoms with Gasteiger partial charge in [-0.25, -0.2) is 0 Å². The summed E-state index contributed by atoms with van der Waals surface area (Å²) in [5.74, 6) is 0.912. The molecule has 0 saturated heterocycles. The molecule has 128 valence electrons. The van der Waals surface area contributed by atoms with E-state index in [1.807, 2.05) is 0 Å². The van der Waals surface area contributed by atoms with Gasteiger partial charge in [-0.15, -0.1) is 0 Å². The summed E-state index contributed by atoms with van der Waals surface area (Å²) in [6, 6.07) is 9.07. The molecule has 0 unspecified atom stereocenters. The molecule has 24 heavy (non-hydrogen) atoms. The van der Waals surface area contributed by atoms with Crippen LogP contribution in [-0.2, 0) is 12.8 Å².